The number of hydrogen-bond donors (Lipinski definition) is 1. The molecule has 1 unspecified atom stereocenters. The van der Waals surface area contributed by atoms with Gasteiger partial charge in [-0.2, -0.15) is 0 Å². The summed E-state index contributed by atoms with van der Waals surface area (Å²) in [6.45, 7) is 1.95. The van der Waals surface area contributed by atoms with E-state index in [9.17, 15) is 5.11 Å². The number of fused-ring (bicyclic) bond motifs is 2. The number of rotatable bonds is 0. The van der Waals surface area contributed by atoms with E-state index in [2.05, 4.69) is 12.2 Å². The van der Waals surface area contributed by atoms with Crippen molar-refractivity contribution in [2.75, 3.05) is 0 Å². The molecule has 2 aliphatic rings. The Labute approximate surface area is 55.4 Å². The Morgan fingerprint density at radius 3 is 1.89 bits per heavy atom. The molecule has 0 aromatic heterocycles. The molecule has 9 heavy (non-hydrogen) atoms. The molecule has 0 aliphatic heterocycles. The highest BCUT2D eigenvalue weighted by Crippen LogP contribution is 2.46. The van der Waals surface area contributed by atoms with Gasteiger partial charge in [-0.25, -0.2) is 0 Å². The topological polar surface area (TPSA) is 20.2 Å². The molecule has 0 heterocycles. The monoisotopic (exact) mass is 124 g/mol. The molecule has 0 radical (unpaired) electrons. The van der Waals surface area contributed by atoms with Gasteiger partial charge in [-0.3, -0.25) is 0 Å². The van der Waals surface area contributed by atoms with Crippen LogP contribution in [0.3, 0.4) is 0 Å². The minimum atomic E-state index is -0.389. The molecule has 0 amide bonds. The zero-order valence-electron chi connectivity index (χ0n) is 5.67. The van der Waals surface area contributed by atoms with Gasteiger partial charge in [-0.05, 0) is 19.8 Å². The van der Waals surface area contributed by atoms with Crippen LogP contribution >= 0.6 is 0 Å². The van der Waals surface area contributed by atoms with Gasteiger partial charge in [0.15, 0.2) is 0 Å². The second-order valence-corrected chi connectivity index (χ2v) is 3.40. The Hall–Kier alpha value is -0.300. The Balaban J connectivity index is 2.35. The van der Waals surface area contributed by atoms with E-state index in [1.165, 1.54) is 12.8 Å². The summed E-state index contributed by atoms with van der Waals surface area (Å²) in [7, 11) is 0. The highest BCUT2D eigenvalue weighted by molar-refractivity contribution is 5.18. The normalized spacial score (nSPS) is 54.9. The van der Waals surface area contributed by atoms with Gasteiger partial charge in [0.1, 0.15) is 0 Å². The van der Waals surface area contributed by atoms with E-state index in [0.717, 1.165) is 0 Å². The molecule has 2 rings (SSSR count). The molecule has 0 saturated heterocycles. The Morgan fingerprint density at radius 1 is 1.33 bits per heavy atom. The second-order valence-electron chi connectivity index (χ2n) is 3.40. The van der Waals surface area contributed by atoms with Crippen LogP contribution in [0.5, 0.6) is 0 Å². The van der Waals surface area contributed by atoms with E-state index in [-0.39, 0.29) is 5.60 Å². The van der Waals surface area contributed by atoms with E-state index < -0.39 is 0 Å². The van der Waals surface area contributed by atoms with Crippen LogP contribution in [0.4, 0.5) is 0 Å². The molecule has 1 nitrogen and oxygen atoms in total. The first-order chi connectivity index (χ1) is 4.21. The Morgan fingerprint density at radius 2 is 1.78 bits per heavy atom. The smallest absolute Gasteiger partial charge is 0.0744 e. The summed E-state index contributed by atoms with van der Waals surface area (Å²) in [5, 5.41) is 9.73. The summed E-state index contributed by atoms with van der Waals surface area (Å²) in [5.41, 5.74) is -0.389. The zero-order chi connectivity index (χ0) is 6.48. The van der Waals surface area contributed by atoms with Gasteiger partial charge in [0.25, 0.3) is 0 Å². The highest BCUT2D eigenvalue weighted by Gasteiger charge is 2.46. The van der Waals surface area contributed by atoms with Crippen LogP contribution in [0.2, 0.25) is 0 Å². The fourth-order valence-electron chi connectivity index (χ4n) is 2.07. The lowest BCUT2D eigenvalue weighted by Crippen LogP contribution is -2.30. The first-order valence-corrected chi connectivity index (χ1v) is 3.62. The Bertz CT molecular complexity index is 142. The van der Waals surface area contributed by atoms with Crippen molar-refractivity contribution >= 4 is 0 Å². The molecule has 0 aromatic rings. The van der Waals surface area contributed by atoms with Crippen molar-refractivity contribution in [3.8, 4) is 0 Å². The van der Waals surface area contributed by atoms with Crippen molar-refractivity contribution in [1.29, 1.82) is 0 Å². The highest BCUT2D eigenvalue weighted by atomic mass is 16.3. The molecule has 0 spiro atoms. The van der Waals surface area contributed by atoms with Crippen molar-refractivity contribution in [1.82, 2.24) is 0 Å². The fourth-order valence-corrected chi connectivity index (χ4v) is 2.07. The molecule has 1 saturated carbocycles. The molecule has 0 aromatic carbocycles. The van der Waals surface area contributed by atoms with Crippen molar-refractivity contribution in [2.45, 2.75) is 25.4 Å². The van der Waals surface area contributed by atoms with Crippen LogP contribution in [-0.2, 0) is 0 Å². The molecule has 3 atom stereocenters. The predicted octanol–water partition coefficient (Wildman–Crippen LogP) is 1.33. The zero-order valence-corrected chi connectivity index (χ0v) is 5.67. The largest absolute Gasteiger partial charge is 0.389 e. The van der Waals surface area contributed by atoms with Crippen LogP contribution in [-0.4, -0.2) is 10.7 Å². The molecule has 50 valence electrons. The molecule has 2 aliphatic carbocycles. The minimum Gasteiger partial charge on any atom is -0.389 e. The van der Waals surface area contributed by atoms with Crippen molar-refractivity contribution in [2.24, 2.45) is 11.8 Å². The van der Waals surface area contributed by atoms with Crippen LogP contribution in [0.25, 0.3) is 0 Å². The maximum absolute atomic E-state index is 9.73. The molecule has 1 fully saturated rings. The van der Waals surface area contributed by atoms with E-state index in [1.807, 2.05) is 6.92 Å². The summed E-state index contributed by atoms with van der Waals surface area (Å²) in [5.74, 6) is 0.921. The van der Waals surface area contributed by atoms with Crippen LogP contribution in [0.15, 0.2) is 12.2 Å². The molecule has 2 bridgehead atoms. The first kappa shape index (κ1) is 5.48. The van der Waals surface area contributed by atoms with Crippen LogP contribution in [0, 0.1) is 11.8 Å². The standard InChI is InChI=1S/C8H12O/c1-8(9)6-2-3-7(8)5-4-6/h2-3,6-7,9H,4-5H2,1H3/t6-,7+,8?. The molecule has 1 heteroatoms. The van der Waals surface area contributed by atoms with Crippen molar-refractivity contribution < 1.29 is 5.11 Å². The molecule has 1 N–H and O–H groups in total. The maximum Gasteiger partial charge on any atom is 0.0744 e. The Kier molecular flexibility index (Phi) is 0.854. The second kappa shape index (κ2) is 1.40. The third kappa shape index (κ3) is 0.531. The van der Waals surface area contributed by atoms with Crippen LogP contribution in [0.1, 0.15) is 19.8 Å². The molecular formula is C8H12O. The lowest BCUT2D eigenvalue weighted by atomic mass is 9.93. The van der Waals surface area contributed by atoms with Crippen molar-refractivity contribution in [3.63, 3.8) is 0 Å². The number of hydrogen-bond acceptors (Lipinski definition) is 1. The summed E-state index contributed by atoms with van der Waals surface area (Å²) in [6, 6.07) is 0. The third-order valence-electron chi connectivity index (χ3n) is 2.87. The quantitative estimate of drug-likeness (QED) is 0.483. The average Bonchev–Trinajstić information content (AvgIpc) is 2.24. The average molecular weight is 124 g/mol. The summed E-state index contributed by atoms with van der Waals surface area (Å²) in [4.78, 5) is 0. The number of aliphatic hydroxyl groups is 1. The van der Waals surface area contributed by atoms with E-state index in [0.29, 0.717) is 11.8 Å². The van der Waals surface area contributed by atoms with Crippen molar-refractivity contribution in [3.05, 3.63) is 12.2 Å². The van der Waals surface area contributed by atoms with E-state index in [4.69, 9.17) is 0 Å². The molecular weight excluding hydrogens is 112 g/mol. The lowest BCUT2D eigenvalue weighted by molar-refractivity contribution is 0.0226. The third-order valence-corrected chi connectivity index (χ3v) is 2.87. The fraction of sp³-hybridized carbons (Fsp3) is 0.750. The summed E-state index contributed by atoms with van der Waals surface area (Å²) < 4.78 is 0. The van der Waals surface area contributed by atoms with Gasteiger partial charge in [0.2, 0.25) is 0 Å². The SMILES string of the molecule is CC1(O)[C@@H]2C=C[C@H]1CC2. The van der Waals surface area contributed by atoms with Gasteiger partial charge in [0.05, 0.1) is 5.60 Å². The van der Waals surface area contributed by atoms with Crippen LogP contribution < -0.4 is 0 Å². The lowest BCUT2D eigenvalue weighted by Gasteiger charge is -2.22. The summed E-state index contributed by atoms with van der Waals surface area (Å²) in [6.07, 6.45) is 6.70. The van der Waals surface area contributed by atoms with Gasteiger partial charge < -0.3 is 5.11 Å². The summed E-state index contributed by atoms with van der Waals surface area (Å²) >= 11 is 0. The van der Waals surface area contributed by atoms with E-state index >= 15 is 0 Å². The van der Waals surface area contributed by atoms with Gasteiger partial charge in [-0.1, -0.05) is 12.2 Å². The van der Waals surface area contributed by atoms with Gasteiger partial charge in [-0.15, -0.1) is 0 Å². The van der Waals surface area contributed by atoms with E-state index in [1.54, 1.807) is 0 Å². The first-order valence-electron chi connectivity index (χ1n) is 3.62. The maximum atomic E-state index is 9.73. The minimum absolute atomic E-state index is 0.389. The predicted molar refractivity (Wildman–Crippen MR) is 36.0 cm³/mol. The van der Waals surface area contributed by atoms with Gasteiger partial charge >= 0.3 is 0 Å². The van der Waals surface area contributed by atoms with Gasteiger partial charge in [0, 0.05) is 11.8 Å².